The fraction of sp³-hybridized carbons (Fsp3) is 0.333. The van der Waals surface area contributed by atoms with Crippen molar-refractivity contribution in [3.05, 3.63) is 46.3 Å². The predicted molar refractivity (Wildman–Crippen MR) is 110 cm³/mol. The minimum absolute atomic E-state index is 0.495. The normalized spacial score (nSPS) is 10.7. The second-order valence-electron chi connectivity index (χ2n) is 5.87. The van der Waals surface area contributed by atoms with Gasteiger partial charge in [-0.1, -0.05) is 19.8 Å². The summed E-state index contributed by atoms with van der Waals surface area (Å²) >= 11 is 1.57. The van der Waals surface area contributed by atoms with Crippen LogP contribution in [0.4, 0.5) is 0 Å². The molecule has 0 aliphatic carbocycles. The van der Waals surface area contributed by atoms with E-state index in [1.807, 2.05) is 35.0 Å². The highest BCUT2D eigenvalue weighted by Crippen LogP contribution is 2.21. The lowest BCUT2D eigenvalue weighted by Gasteiger charge is -2.17. The number of ether oxygens (including phenoxy) is 2. The molecule has 3 rings (SSSR count). The van der Waals surface area contributed by atoms with E-state index in [1.165, 1.54) is 0 Å². The van der Waals surface area contributed by atoms with Crippen LogP contribution < -0.4 is 9.47 Å². The Balaban J connectivity index is 1.83. The van der Waals surface area contributed by atoms with E-state index in [9.17, 15) is 0 Å². The van der Waals surface area contributed by atoms with Gasteiger partial charge >= 0.3 is 0 Å². The minimum atomic E-state index is 0.495. The van der Waals surface area contributed by atoms with Gasteiger partial charge in [-0.15, -0.1) is 11.3 Å². The second kappa shape index (κ2) is 9.36. The first kappa shape index (κ1) is 19.2. The van der Waals surface area contributed by atoms with Crippen LogP contribution >= 0.6 is 11.3 Å². The van der Waals surface area contributed by atoms with Gasteiger partial charge in [-0.25, -0.2) is 9.97 Å². The molecule has 140 valence electrons. The van der Waals surface area contributed by atoms with Crippen molar-refractivity contribution in [2.45, 2.75) is 13.8 Å². The van der Waals surface area contributed by atoms with Gasteiger partial charge in [0.2, 0.25) is 5.88 Å². The van der Waals surface area contributed by atoms with Crippen LogP contribution in [-0.4, -0.2) is 48.2 Å². The van der Waals surface area contributed by atoms with Gasteiger partial charge in [0.25, 0.3) is 0 Å². The summed E-state index contributed by atoms with van der Waals surface area (Å²) in [6, 6.07) is 7.62. The number of nitrogens with zero attached hydrogens (tertiary/aromatic N) is 3. The Morgan fingerprint density at radius 1 is 1.00 bits per heavy atom. The number of fused-ring (bicyclic) bond motifs is 1. The molecule has 6 heteroatoms. The zero-order chi connectivity index (χ0) is 19.1. The summed E-state index contributed by atoms with van der Waals surface area (Å²) in [6.07, 6.45) is 0. The molecule has 0 aliphatic rings. The van der Waals surface area contributed by atoms with Gasteiger partial charge in [0, 0.05) is 22.9 Å². The number of aromatic nitrogens is 2. The molecule has 0 radical (unpaired) electrons. The molecule has 27 heavy (non-hydrogen) atoms. The molecule has 2 aromatic heterocycles. The van der Waals surface area contributed by atoms with Crippen molar-refractivity contribution in [3.8, 4) is 23.5 Å². The molecule has 0 spiro atoms. The molecule has 0 unspecified atom stereocenters. The van der Waals surface area contributed by atoms with Gasteiger partial charge < -0.3 is 14.4 Å². The first-order valence-corrected chi connectivity index (χ1v) is 9.93. The molecule has 0 atom stereocenters. The molecule has 0 saturated heterocycles. The third kappa shape index (κ3) is 4.97. The molecule has 5 nitrogen and oxygen atoms in total. The maximum atomic E-state index is 5.94. The van der Waals surface area contributed by atoms with Gasteiger partial charge in [-0.05, 0) is 43.3 Å². The van der Waals surface area contributed by atoms with Crippen molar-refractivity contribution in [3.63, 3.8) is 0 Å². The van der Waals surface area contributed by atoms with Crippen LogP contribution in [0.1, 0.15) is 25.1 Å². The number of thiophene rings is 1. The van der Waals surface area contributed by atoms with Crippen LogP contribution in [0.15, 0.2) is 35.0 Å². The Labute approximate surface area is 164 Å². The largest absolute Gasteiger partial charge is 0.497 e. The van der Waals surface area contributed by atoms with Gasteiger partial charge in [0.05, 0.1) is 7.11 Å². The maximum absolute atomic E-state index is 5.94. The second-order valence-corrected chi connectivity index (χ2v) is 6.62. The van der Waals surface area contributed by atoms with Crippen LogP contribution in [0.2, 0.25) is 0 Å². The molecule has 0 fully saturated rings. The van der Waals surface area contributed by atoms with E-state index in [0.29, 0.717) is 18.2 Å². The highest BCUT2D eigenvalue weighted by atomic mass is 32.1. The maximum Gasteiger partial charge on any atom is 0.249 e. The molecule has 0 saturated carbocycles. The molecule has 0 amide bonds. The van der Waals surface area contributed by atoms with E-state index in [4.69, 9.17) is 9.47 Å². The number of rotatable bonds is 7. The molecule has 1 aromatic carbocycles. The highest BCUT2D eigenvalue weighted by molar-refractivity contribution is 7.09. The summed E-state index contributed by atoms with van der Waals surface area (Å²) in [6.45, 7) is 7.70. The highest BCUT2D eigenvalue weighted by Gasteiger charge is 2.10. The van der Waals surface area contributed by atoms with E-state index < -0.39 is 0 Å². The van der Waals surface area contributed by atoms with E-state index in [0.717, 1.165) is 42.0 Å². The van der Waals surface area contributed by atoms with E-state index in [2.05, 4.69) is 40.6 Å². The van der Waals surface area contributed by atoms with Crippen molar-refractivity contribution in [2.75, 3.05) is 33.4 Å². The fourth-order valence-electron chi connectivity index (χ4n) is 2.58. The van der Waals surface area contributed by atoms with E-state index in [-0.39, 0.29) is 0 Å². The predicted octanol–water partition coefficient (Wildman–Crippen LogP) is 3.82. The van der Waals surface area contributed by atoms with Gasteiger partial charge in [-0.3, -0.25) is 0 Å². The molecule has 2 heterocycles. The molecule has 0 aliphatic heterocycles. The zero-order valence-corrected chi connectivity index (χ0v) is 16.7. The smallest absolute Gasteiger partial charge is 0.249 e. The van der Waals surface area contributed by atoms with Crippen LogP contribution in [0.3, 0.4) is 0 Å². The summed E-state index contributed by atoms with van der Waals surface area (Å²) in [7, 11) is 1.65. The Hall–Kier alpha value is -2.62. The lowest BCUT2D eigenvalue weighted by Crippen LogP contribution is -2.28. The lowest BCUT2D eigenvalue weighted by molar-refractivity contribution is 0.217. The Morgan fingerprint density at radius 3 is 2.37 bits per heavy atom. The van der Waals surface area contributed by atoms with Crippen molar-refractivity contribution < 1.29 is 9.47 Å². The molecule has 0 N–H and O–H groups in total. The van der Waals surface area contributed by atoms with Gasteiger partial charge in [-0.2, -0.15) is 0 Å². The fourth-order valence-corrected chi connectivity index (χ4v) is 3.25. The third-order valence-electron chi connectivity index (χ3n) is 4.23. The zero-order valence-electron chi connectivity index (χ0n) is 15.9. The quantitative estimate of drug-likeness (QED) is 0.582. The van der Waals surface area contributed by atoms with Crippen molar-refractivity contribution in [1.29, 1.82) is 0 Å². The third-order valence-corrected chi connectivity index (χ3v) is 4.95. The van der Waals surface area contributed by atoms with Crippen molar-refractivity contribution in [2.24, 2.45) is 0 Å². The van der Waals surface area contributed by atoms with Crippen LogP contribution in [-0.2, 0) is 0 Å². The Morgan fingerprint density at radius 2 is 1.70 bits per heavy atom. The van der Waals surface area contributed by atoms with Crippen LogP contribution in [0.25, 0.3) is 11.0 Å². The van der Waals surface area contributed by atoms with E-state index in [1.54, 1.807) is 18.4 Å². The minimum Gasteiger partial charge on any atom is -0.497 e. The summed E-state index contributed by atoms with van der Waals surface area (Å²) in [5.74, 6) is 7.55. The summed E-state index contributed by atoms with van der Waals surface area (Å²) in [4.78, 5) is 11.5. The Kier molecular flexibility index (Phi) is 6.64. The average Bonchev–Trinajstić information content (AvgIpc) is 3.17. The van der Waals surface area contributed by atoms with Crippen molar-refractivity contribution >= 4 is 22.4 Å². The number of hydrogen-bond acceptors (Lipinski definition) is 6. The summed E-state index contributed by atoms with van der Waals surface area (Å²) in [5.41, 5.74) is 3.14. The van der Waals surface area contributed by atoms with Crippen LogP contribution in [0, 0.1) is 11.8 Å². The summed E-state index contributed by atoms with van der Waals surface area (Å²) < 4.78 is 11.1. The average molecular weight is 382 g/mol. The molecule has 0 bridgehead atoms. The van der Waals surface area contributed by atoms with E-state index >= 15 is 0 Å². The number of benzene rings is 1. The van der Waals surface area contributed by atoms with Gasteiger partial charge in [0.15, 0.2) is 5.69 Å². The number of hydrogen-bond donors (Lipinski definition) is 0. The first-order valence-electron chi connectivity index (χ1n) is 8.98. The summed E-state index contributed by atoms with van der Waals surface area (Å²) in [5, 5.41) is 3.95. The number of likely N-dealkylation sites (N-methyl/N-ethyl adjacent to an activating group) is 1. The van der Waals surface area contributed by atoms with Crippen molar-refractivity contribution in [1.82, 2.24) is 14.9 Å². The SMILES string of the molecule is CCN(CC)CCOc1nc2cscc2nc1C#Cc1ccc(OC)cc1. The number of methoxy groups -OCH3 is 1. The standard InChI is InChI=1S/C21H23N3O2S/c1-4-24(5-2)12-13-26-21-18(22-19-14-27-15-20(19)23-21)11-8-16-6-9-17(25-3)10-7-16/h6-7,9-10,14-15H,4-5,12-13H2,1-3H3. The molecular weight excluding hydrogens is 358 g/mol. The first-order chi connectivity index (χ1) is 13.2. The topological polar surface area (TPSA) is 47.5 Å². The molecule has 3 aromatic rings. The lowest BCUT2D eigenvalue weighted by atomic mass is 10.2. The molecular formula is C21H23N3O2S. The van der Waals surface area contributed by atoms with Crippen LogP contribution in [0.5, 0.6) is 11.6 Å². The monoisotopic (exact) mass is 381 g/mol. The van der Waals surface area contributed by atoms with Gasteiger partial charge in [0.1, 0.15) is 23.4 Å². The Bertz CT molecular complexity index is 937.